The van der Waals surface area contributed by atoms with Crippen LogP contribution < -0.4 is 10.6 Å². The zero-order chi connectivity index (χ0) is 23.7. The van der Waals surface area contributed by atoms with Crippen molar-refractivity contribution < 1.29 is 4.79 Å². The first kappa shape index (κ1) is 22.6. The van der Waals surface area contributed by atoms with E-state index in [1.807, 2.05) is 57.2 Å². The van der Waals surface area contributed by atoms with Crippen LogP contribution in [0.2, 0.25) is 0 Å². The summed E-state index contributed by atoms with van der Waals surface area (Å²) in [6.07, 6.45) is 0. The highest BCUT2D eigenvalue weighted by molar-refractivity contribution is 7.80. The Bertz CT molecular complexity index is 1360. The van der Waals surface area contributed by atoms with Crippen LogP contribution in [-0.4, -0.2) is 26.0 Å². The third-order valence-corrected chi connectivity index (χ3v) is 5.97. The first-order valence-corrected chi connectivity index (χ1v) is 11.3. The van der Waals surface area contributed by atoms with Crippen molar-refractivity contribution in [3.63, 3.8) is 0 Å². The summed E-state index contributed by atoms with van der Waals surface area (Å²) >= 11 is 5.38. The second-order valence-corrected chi connectivity index (χ2v) is 9.01. The van der Waals surface area contributed by atoms with Crippen molar-refractivity contribution in [3.8, 4) is 5.69 Å². The molecule has 0 aliphatic heterocycles. The van der Waals surface area contributed by atoms with Gasteiger partial charge in [0.1, 0.15) is 11.0 Å². The van der Waals surface area contributed by atoms with Crippen LogP contribution in [-0.2, 0) is 0 Å². The van der Waals surface area contributed by atoms with Gasteiger partial charge in [0.2, 0.25) is 0 Å². The highest BCUT2D eigenvalue weighted by Gasteiger charge is 2.12. The van der Waals surface area contributed by atoms with Gasteiger partial charge in [0, 0.05) is 11.3 Å². The molecule has 0 aliphatic rings. The zero-order valence-electron chi connectivity index (χ0n) is 19.4. The minimum absolute atomic E-state index is 0.234. The number of aromatic nitrogens is 3. The number of nitrogens with zero attached hydrogens (tertiary/aromatic N) is 3. The molecule has 0 atom stereocenters. The van der Waals surface area contributed by atoms with Crippen molar-refractivity contribution in [2.75, 3.05) is 5.32 Å². The van der Waals surface area contributed by atoms with Gasteiger partial charge in [-0.3, -0.25) is 10.1 Å². The van der Waals surface area contributed by atoms with E-state index in [2.05, 4.69) is 46.8 Å². The molecule has 1 aromatic heterocycles. The molecular weight excluding hydrogens is 430 g/mol. The summed E-state index contributed by atoms with van der Waals surface area (Å²) < 4.78 is 0. The molecule has 2 N–H and O–H groups in total. The third kappa shape index (κ3) is 4.93. The molecule has 4 rings (SSSR count). The van der Waals surface area contributed by atoms with Gasteiger partial charge in [-0.05, 0) is 97.6 Å². The summed E-state index contributed by atoms with van der Waals surface area (Å²) in [4.78, 5) is 14.2. The lowest BCUT2D eigenvalue weighted by molar-refractivity contribution is 0.0977. The van der Waals surface area contributed by atoms with Crippen molar-refractivity contribution >= 4 is 40.0 Å². The van der Waals surface area contributed by atoms with Crippen LogP contribution in [0.4, 0.5) is 5.69 Å². The van der Waals surface area contributed by atoms with Gasteiger partial charge in [0.25, 0.3) is 5.91 Å². The third-order valence-electron chi connectivity index (χ3n) is 5.76. The number of amides is 1. The fraction of sp³-hybridized carbons (Fsp3) is 0.231. The molecule has 3 aromatic carbocycles. The molecule has 0 saturated carbocycles. The van der Waals surface area contributed by atoms with E-state index >= 15 is 0 Å². The summed E-state index contributed by atoms with van der Waals surface area (Å²) in [5.74, 6) is 0.226. The molecule has 7 heteroatoms. The number of aryl methyl sites for hydroxylation is 3. The summed E-state index contributed by atoms with van der Waals surface area (Å²) in [5, 5.41) is 15.4. The monoisotopic (exact) mass is 457 g/mol. The van der Waals surface area contributed by atoms with E-state index in [1.54, 1.807) is 10.9 Å². The largest absolute Gasteiger partial charge is 0.332 e. The molecule has 0 bridgehead atoms. The molecule has 33 heavy (non-hydrogen) atoms. The molecule has 0 aliphatic carbocycles. The summed E-state index contributed by atoms with van der Waals surface area (Å²) in [6, 6.07) is 17.7. The smallest absolute Gasteiger partial charge is 0.257 e. The maximum Gasteiger partial charge on any atom is 0.257 e. The van der Waals surface area contributed by atoms with Crippen molar-refractivity contribution in [2.45, 2.75) is 40.5 Å². The molecular formula is C26H27N5OS. The van der Waals surface area contributed by atoms with E-state index in [0.29, 0.717) is 11.5 Å². The number of benzene rings is 3. The first-order chi connectivity index (χ1) is 15.7. The van der Waals surface area contributed by atoms with Crippen LogP contribution in [0.5, 0.6) is 0 Å². The fourth-order valence-corrected chi connectivity index (χ4v) is 3.72. The van der Waals surface area contributed by atoms with Crippen molar-refractivity contribution in [1.82, 2.24) is 20.3 Å². The van der Waals surface area contributed by atoms with Crippen LogP contribution in [0.15, 0.2) is 54.6 Å². The fourth-order valence-electron chi connectivity index (χ4n) is 3.52. The van der Waals surface area contributed by atoms with Crippen LogP contribution in [0.1, 0.15) is 52.4 Å². The Morgan fingerprint density at radius 2 is 1.55 bits per heavy atom. The Labute approximate surface area is 199 Å². The van der Waals surface area contributed by atoms with Crippen molar-refractivity contribution in [1.29, 1.82) is 0 Å². The average molecular weight is 458 g/mol. The van der Waals surface area contributed by atoms with Crippen molar-refractivity contribution in [2.24, 2.45) is 0 Å². The lowest BCUT2D eigenvalue weighted by Gasteiger charge is -2.12. The van der Waals surface area contributed by atoms with Crippen LogP contribution in [0.3, 0.4) is 0 Å². The average Bonchev–Trinajstić information content (AvgIpc) is 3.18. The van der Waals surface area contributed by atoms with Crippen LogP contribution in [0, 0.1) is 20.8 Å². The normalized spacial score (nSPS) is 11.1. The Balaban J connectivity index is 1.51. The molecule has 4 aromatic rings. The van der Waals surface area contributed by atoms with Gasteiger partial charge in [-0.2, -0.15) is 4.80 Å². The highest BCUT2D eigenvalue weighted by atomic mass is 32.1. The van der Waals surface area contributed by atoms with Gasteiger partial charge < -0.3 is 5.32 Å². The molecule has 0 spiro atoms. The molecule has 168 valence electrons. The molecule has 0 saturated heterocycles. The van der Waals surface area contributed by atoms with Gasteiger partial charge >= 0.3 is 0 Å². The van der Waals surface area contributed by atoms with Gasteiger partial charge in [-0.25, -0.2) is 0 Å². The number of hydrogen-bond acceptors (Lipinski definition) is 4. The Kier molecular flexibility index (Phi) is 6.24. The minimum Gasteiger partial charge on any atom is -0.332 e. The predicted molar refractivity (Wildman–Crippen MR) is 137 cm³/mol. The van der Waals surface area contributed by atoms with E-state index in [1.165, 1.54) is 5.56 Å². The lowest BCUT2D eigenvalue weighted by atomic mass is 10.0. The van der Waals surface area contributed by atoms with Gasteiger partial charge in [0.15, 0.2) is 5.11 Å². The SMILES string of the molecule is Cc1ccc(C(=O)NC(=S)Nc2cc3nn(-c4ccc(C(C)C)cc4)nc3cc2C)cc1C. The molecule has 0 unspecified atom stereocenters. The van der Waals surface area contributed by atoms with Gasteiger partial charge in [-0.1, -0.05) is 32.0 Å². The van der Waals surface area contributed by atoms with E-state index in [-0.39, 0.29) is 11.0 Å². The van der Waals surface area contributed by atoms with Crippen molar-refractivity contribution in [3.05, 3.63) is 82.4 Å². The Morgan fingerprint density at radius 3 is 2.18 bits per heavy atom. The maximum absolute atomic E-state index is 12.6. The predicted octanol–water partition coefficient (Wildman–Crippen LogP) is 5.60. The van der Waals surface area contributed by atoms with Gasteiger partial charge in [0.05, 0.1) is 5.69 Å². The first-order valence-electron chi connectivity index (χ1n) is 10.9. The number of hydrogen-bond donors (Lipinski definition) is 2. The molecule has 0 fully saturated rings. The Morgan fingerprint density at radius 1 is 0.879 bits per heavy atom. The zero-order valence-corrected chi connectivity index (χ0v) is 20.2. The Hall–Kier alpha value is -3.58. The molecule has 0 radical (unpaired) electrons. The lowest BCUT2D eigenvalue weighted by Crippen LogP contribution is -2.34. The van der Waals surface area contributed by atoms with E-state index in [4.69, 9.17) is 12.2 Å². The number of nitrogens with one attached hydrogen (secondary N) is 2. The van der Waals surface area contributed by atoms with Crippen LogP contribution in [0.25, 0.3) is 16.7 Å². The van der Waals surface area contributed by atoms with Gasteiger partial charge in [-0.15, -0.1) is 10.2 Å². The maximum atomic E-state index is 12.6. The number of anilines is 1. The number of fused-ring (bicyclic) bond motifs is 1. The number of carbonyl (C=O) groups is 1. The standard InChI is InChI=1S/C26H27N5OS/c1-15(2)19-8-10-21(11-9-19)31-29-23-13-18(5)22(14-24(23)30-31)27-26(33)28-25(32)20-7-6-16(3)17(4)12-20/h6-15H,1-5H3,(H2,27,28,32,33). The van der Waals surface area contributed by atoms with Crippen LogP contribution >= 0.6 is 12.2 Å². The molecule has 1 amide bonds. The van der Waals surface area contributed by atoms with E-state index in [9.17, 15) is 4.79 Å². The quantitative estimate of drug-likeness (QED) is 0.391. The number of carbonyl (C=O) groups excluding carboxylic acids is 1. The summed E-state index contributed by atoms with van der Waals surface area (Å²) in [6.45, 7) is 10.3. The van der Waals surface area contributed by atoms with E-state index in [0.717, 1.165) is 39.1 Å². The second-order valence-electron chi connectivity index (χ2n) is 8.60. The second kappa shape index (κ2) is 9.11. The molecule has 1 heterocycles. The van der Waals surface area contributed by atoms with E-state index < -0.39 is 0 Å². The minimum atomic E-state index is -0.245. The topological polar surface area (TPSA) is 71.8 Å². The summed E-state index contributed by atoms with van der Waals surface area (Å²) in [7, 11) is 0. The number of rotatable bonds is 4. The summed E-state index contributed by atoms with van der Waals surface area (Å²) in [5.41, 5.74) is 8.19. The molecule has 6 nitrogen and oxygen atoms in total. The highest BCUT2D eigenvalue weighted by Crippen LogP contribution is 2.23. The number of thiocarbonyl (C=S) groups is 1.